The van der Waals surface area contributed by atoms with E-state index in [1.165, 1.54) is 0 Å². The normalized spacial score (nSPS) is 28.0. The second-order valence-electron chi connectivity index (χ2n) is 4.39. The lowest BCUT2D eigenvalue weighted by molar-refractivity contribution is -0.137. The number of hydrogen-bond acceptors (Lipinski definition) is 4. The largest absolute Gasteiger partial charge is 0.481 e. The summed E-state index contributed by atoms with van der Waals surface area (Å²) in [7, 11) is 0. The Morgan fingerprint density at radius 1 is 1.47 bits per heavy atom. The third kappa shape index (κ3) is 4.32. The summed E-state index contributed by atoms with van der Waals surface area (Å²) in [6.45, 7) is 2.41. The van der Waals surface area contributed by atoms with Gasteiger partial charge in [0.05, 0.1) is 6.10 Å². The van der Waals surface area contributed by atoms with Crippen LogP contribution in [-0.4, -0.2) is 46.9 Å². The Kier molecular flexibility index (Phi) is 4.89. The van der Waals surface area contributed by atoms with Crippen LogP contribution in [0.2, 0.25) is 0 Å². The van der Waals surface area contributed by atoms with Crippen LogP contribution in [0.3, 0.4) is 0 Å². The van der Waals surface area contributed by atoms with E-state index < -0.39 is 11.6 Å². The molecule has 6 nitrogen and oxygen atoms in total. The van der Waals surface area contributed by atoms with Crippen molar-refractivity contribution < 1.29 is 24.5 Å². The van der Waals surface area contributed by atoms with Gasteiger partial charge in [0, 0.05) is 32.4 Å². The summed E-state index contributed by atoms with van der Waals surface area (Å²) in [5, 5.41) is 21.1. The van der Waals surface area contributed by atoms with Crippen LogP contribution in [0.4, 0.5) is 0 Å². The van der Waals surface area contributed by atoms with E-state index in [0.717, 1.165) is 0 Å². The third-order valence-electron chi connectivity index (χ3n) is 3.05. The van der Waals surface area contributed by atoms with Gasteiger partial charge in [0.25, 0.3) is 0 Å². The van der Waals surface area contributed by atoms with Gasteiger partial charge in [0.2, 0.25) is 5.91 Å². The van der Waals surface area contributed by atoms with Gasteiger partial charge < -0.3 is 20.3 Å². The van der Waals surface area contributed by atoms with E-state index in [4.69, 9.17) is 9.84 Å². The second kappa shape index (κ2) is 5.97. The smallest absolute Gasteiger partial charge is 0.303 e. The molecule has 1 aliphatic heterocycles. The highest BCUT2D eigenvalue weighted by Gasteiger charge is 2.39. The van der Waals surface area contributed by atoms with E-state index in [2.05, 4.69) is 5.32 Å². The molecule has 1 rings (SSSR count). The van der Waals surface area contributed by atoms with Crippen LogP contribution in [0.5, 0.6) is 0 Å². The van der Waals surface area contributed by atoms with Gasteiger partial charge in [-0.3, -0.25) is 9.59 Å². The molecule has 2 unspecified atom stereocenters. The molecule has 6 heteroatoms. The van der Waals surface area contributed by atoms with Gasteiger partial charge in [-0.2, -0.15) is 0 Å². The molecule has 1 saturated heterocycles. The van der Waals surface area contributed by atoms with Gasteiger partial charge >= 0.3 is 5.97 Å². The maximum atomic E-state index is 11.4. The van der Waals surface area contributed by atoms with Crippen molar-refractivity contribution >= 4 is 11.9 Å². The van der Waals surface area contributed by atoms with Crippen LogP contribution < -0.4 is 5.32 Å². The van der Waals surface area contributed by atoms with Gasteiger partial charge in [0.15, 0.2) is 0 Å². The Labute approximate surface area is 100.0 Å². The molecule has 0 spiro atoms. The monoisotopic (exact) mass is 245 g/mol. The van der Waals surface area contributed by atoms with Crippen molar-refractivity contribution in [2.45, 2.75) is 44.3 Å². The minimum absolute atomic E-state index is 0.0167. The third-order valence-corrected chi connectivity index (χ3v) is 3.05. The number of carboxylic acid groups (broad SMARTS) is 1. The molecule has 0 aliphatic carbocycles. The highest BCUT2D eigenvalue weighted by molar-refractivity contribution is 5.76. The Balaban J connectivity index is 2.21. The van der Waals surface area contributed by atoms with Gasteiger partial charge in [0.1, 0.15) is 5.60 Å². The van der Waals surface area contributed by atoms with Gasteiger partial charge in [-0.1, -0.05) is 0 Å². The molecule has 0 saturated carbocycles. The molecule has 1 amide bonds. The standard InChI is InChI=1S/C11H19NO5/c1-8-11(16,5-6-17-8)7-12-9(13)3-2-4-10(14)15/h8,16H,2-7H2,1H3,(H,12,13)(H,14,15). The van der Waals surface area contributed by atoms with Gasteiger partial charge in [-0.05, 0) is 13.3 Å². The fourth-order valence-electron chi connectivity index (χ4n) is 1.74. The predicted molar refractivity (Wildman–Crippen MR) is 59.5 cm³/mol. The van der Waals surface area contributed by atoms with Crippen molar-refractivity contribution in [1.29, 1.82) is 0 Å². The van der Waals surface area contributed by atoms with Crippen LogP contribution >= 0.6 is 0 Å². The highest BCUT2D eigenvalue weighted by atomic mass is 16.5. The summed E-state index contributed by atoms with van der Waals surface area (Å²) in [5.74, 6) is -1.15. The molecule has 0 aromatic carbocycles. The number of nitrogens with one attached hydrogen (secondary N) is 1. The van der Waals surface area contributed by atoms with Crippen molar-refractivity contribution in [2.75, 3.05) is 13.2 Å². The van der Waals surface area contributed by atoms with Crippen molar-refractivity contribution in [1.82, 2.24) is 5.32 Å². The van der Waals surface area contributed by atoms with Crippen LogP contribution in [0.1, 0.15) is 32.6 Å². The fourth-order valence-corrected chi connectivity index (χ4v) is 1.74. The number of carbonyl (C=O) groups excluding carboxylic acids is 1. The Morgan fingerprint density at radius 2 is 2.18 bits per heavy atom. The quantitative estimate of drug-likeness (QED) is 0.607. The van der Waals surface area contributed by atoms with E-state index in [1.54, 1.807) is 6.92 Å². The minimum Gasteiger partial charge on any atom is -0.481 e. The average Bonchev–Trinajstić information content (AvgIpc) is 2.57. The van der Waals surface area contributed by atoms with Crippen molar-refractivity contribution in [3.05, 3.63) is 0 Å². The van der Waals surface area contributed by atoms with E-state index >= 15 is 0 Å². The van der Waals surface area contributed by atoms with Crippen LogP contribution in [0.25, 0.3) is 0 Å². The first-order valence-corrected chi connectivity index (χ1v) is 5.76. The lowest BCUT2D eigenvalue weighted by Gasteiger charge is -2.26. The van der Waals surface area contributed by atoms with Gasteiger partial charge in [-0.15, -0.1) is 0 Å². The maximum absolute atomic E-state index is 11.4. The number of hydrogen-bond donors (Lipinski definition) is 3. The zero-order chi connectivity index (χ0) is 12.9. The molecule has 0 bridgehead atoms. The molecule has 1 fully saturated rings. The molecule has 3 N–H and O–H groups in total. The molecule has 2 atom stereocenters. The molecule has 0 aromatic rings. The number of aliphatic carboxylic acids is 1. The topological polar surface area (TPSA) is 95.9 Å². The van der Waals surface area contributed by atoms with E-state index in [1.807, 2.05) is 0 Å². The molecule has 98 valence electrons. The molecule has 1 aliphatic rings. The van der Waals surface area contributed by atoms with Crippen molar-refractivity contribution in [3.8, 4) is 0 Å². The molecule has 1 heterocycles. The minimum atomic E-state index is -0.998. The van der Waals surface area contributed by atoms with Gasteiger partial charge in [-0.25, -0.2) is 0 Å². The zero-order valence-electron chi connectivity index (χ0n) is 9.94. The van der Waals surface area contributed by atoms with Crippen molar-refractivity contribution in [2.24, 2.45) is 0 Å². The summed E-state index contributed by atoms with van der Waals surface area (Å²) in [4.78, 5) is 21.6. The van der Waals surface area contributed by atoms with Crippen LogP contribution in [-0.2, 0) is 14.3 Å². The second-order valence-corrected chi connectivity index (χ2v) is 4.39. The van der Waals surface area contributed by atoms with Crippen LogP contribution in [0.15, 0.2) is 0 Å². The first-order chi connectivity index (χ1) is 7.94. The van der Waals surface area contributed by atoms with E-state index in [-0.39, 0.29) is 31.4 Å². The first-order valence-electron chi connectivity index (χ1n) is 5.76. The number of ether oxygens (including phenoxy) is 1. The number of carbonyl (C=O) groups is 2. The summed E-state index contributed by atoms with van der Waals surface area (Å²) in [6, 6.07) is 0. The van der Waals surface area contributed by atoms with E-state index in [9.17, 15) is 14.7 Å². The molecular weight excluding hydrogens is 226 g/mol. The predicted octanol–water partition coefficient (Wildman–Crippen LogP) is -0.103. The Hall–Kier alpha value is -1.14. The Morgan fingerprint density at radius 3 is 2.71 bits per heavy atom. The highest BCUT2D eigenvalue weighted by Crippen LogP contribution is 2.24. The lowest BCUT2D eigenvalue weighted by atomic mass is 9.96. The maximum Gasteiger partial charge on any atom is 0.303 e. The zero-order valence-corrected chi connectivity index (χ0v) is 9.94. The molecule has 17 heavy (non-hydrogen) atoms. The summed E-state index contributed by atoms with van der Waals surface area (Å²) < 4.78 is 5.23. The SMILES string of the molecule is CC1OCCC1(O)CNC(=O)CCCC(=O)O. The number of aliphatic hydroxyl groups is 1. The van der Waals surface area contributed by atoms with Crippen LogP contribution in [0, 0.1) is 0 Å². The first kappa shape index (κ1) is 13.9. The molecule has 0 aromatic heterocycles. The summed E-state index contributed by atoms with van der Waals surface area (Å²) in [6.07, 6.45) is 0.672. The Bertz CT molecular complexity index is 294. The molecule has 0 radical (unpaired) electrons. The fraction of sp³-hybridized carbons (Fsp3) is 0.818. The average molecular weight is 245 g/mol. The number of rotatable bonds is 6. The van der Waals surface area contributed by atoms with E-state index in [0.29, 0.717) is 19.4 Å². The number of carboxylic acids is 1. The summed E-state index contributed by atoms with van der Waals surface area (Å²) >= 11 is 0. The van der Waals surface area contributed by atoms with Crippen molar-refractivity contribution in [3.63, 3.8) is 0 Å². The number of amides is 1. The lowest BCUT2D eigenvalue weighted by Crippen LogP contribution is -2.47. The molecular formula is C11H19NO5. The summed E-state index contributed by atoms with van der Waals surface area (Å²) in [5.41, 5.74) is -0.998.